The van der Waals surface area contributed by atoms with Crippen LogP contribution < -0.4 is 5.73 Å². The molecule has 106 valence electrons. The summed E-state index contributed by atoms with van der Waals surface area (Å²) in [6, 6.07) is 18.8. The first-order chi connectivity index (χ1) is 10.2. The molecule has 21 heavy (non-hydrogen) atoms. The quantitative estimate of drug-likeness (QED) is 0.383. The average Bonchev–Trinajstić information content (AvgIpc) is 2.52. The van der Waals surface area contributed by atoms with Crippen LogP contribution in [-0.2, 0) is 0 Å². The minimum Gasteiger partial charge on any atom is -0.379 e. The van der Waals surface area contributed by atoms with Gasteiger partial charge in [0, 0.05) is 11.3 Å². The summed E-state index contributed by atoms with van der Waals surface area (Å²) in [6.45, 7) is 0. The molecule has 0 saturated carbocycles. The summed E-state index contributed by atoms with van der Waals surface area (Å²) >= 11 is 1.21. The topological polar surface area (TPSA) is 66.9 Å². The third-order valence-corrected chi connectivity index (χ3v) is 3.66. The van der Waals surface area contributed by atoms with Gasteiger partial charge in [-0.25, -0.2) is 0 Å². The first kappa shape index (κ1) is 15.1. The molecule has 4 heteroatoms. The SMILES string of the molecule is N=C(N)SCC(=CC(=O)c1ccccc1)c1ccccc1. The van der Waals surface area contributed by atoms with Crippen LogP contribution in [0.2, 0.25) is 0 Å². The van der Waals surface area contributed by atoms with Crippen molar-refractivity contribution in [2.75, 3.05) is 5.75 Å². The number of ketones is 1. The van der Waals surface area contributed by atoms with Crippen molar-refractivity contribution in [3.05, 3.63) is 77.9 Å². The molecule has 0 unspecified atom stereocenters. The number of carbonyl (C=O) groups excluding carboxylic acids is 1. The van der Waals surface area contributed by atoms with E-state index in [9.17, 15) is 4.79 Å². The maximum absolute atomic E-state index is 12.3. The van der Waals surface area contributed by atoms with Crippen molar-refractivity contribution < 1.29 is 4.79 Å². The molecule has 0 heterocycles. The second kappa shape index (κ2) is 7.45. The molecule has 0 spiro atoms. The average molecular weight is 296 g/mol. The van der Waals surface area contributed by atoms with Crippen LogP contribution in [-0.4, -0.2) is 16.7 Å². The lowest BCUT2D eigenvalue weighted by atomic mass is 10.0. The second-order valence-electron chi connectivity index (χ2n) is 4.42. The van der Waals surface area contributed by atoms with Gasteiger partial charge >= 0.3 is 0 Å². The number of thioether (sulfide) groups is 1. The van der Waals surface area contributed by atoms with E-state index in [1.165, 1.54) is 11.8 Å². The molecule has 0 fully saturated rings. The highest BCUT2D eigenvalue weighted by Gasteiger charge is 2.08. The number of amidine groups is 1. The number of nitrogens with one attached hydrogen (secondary N) is 1. The molecule has 2 rings (SSSR count). The van der Waals surface area contributed by atoms with Crippen molar-refractivity contribution in [3.63, 3.8) is 0 Å². The second-order valence-corrected chi connectivity index (χ2v) is 5.44. The molecular weight excluding hydrogens is 280 g/mol. The Kier molecular flexibility index (Phi) is 5.35. The van der Waals surface area contributed by atoms with Gasteiger partial charge < -0.3 is 5.73 Å². The summed E-state index contributed by atoms with van der Waals surface area (Å²) in [5.74, 6) is 0.455. The first-order valence-corrected chi connectivity index (χ1v) is 7.47. The number of rotatable bonds is 5. The number of hydrogen-bond donors (Lipinski definition) is 2. The monoisotopic (exact) mass is 296 g/mol. The normalized spacial score (nSPS) is 11.1. The fraction of sp³-hybridized carbons (Fsp3) is 0.0588. The first-order valence-electron chi connectivity index (χ1n) is 6.49. The number of hydrogen-bond acceptors (Lipinski definition) is 3. The van der Waals surface area contributed by atoms with Gasteiger partial charge in [0.1, 0.15) is 0 Å². The van der Waals surface area contributed by atoms with Crippen molar-refractivity contribution >= 4 is 28.3 Å². The molecule has 2 aromatic rings. The van der Waals surface area contributed by atoms with E-state index in [1.807, 2.05) is 48.5 Å². The lowest BCUT2D eigenvalue weighted by Gasteiger charge is -2.07. The minimum absolute atomic E-state index is 0.0430. The van der Waals surface area contributed by atoms with Crippen LogP contribution in [0.1, 0.15) is 15.9 Å². The summed E-state index contributed by atoms with van der Waals surface area (Å²) in [7, 11) is 0. The van der Waals surface area contributed by atoms with Gasteiger partial charge in [-0.1, -0.05) is 72.4 Å². The Bertz CT molecular complexity index is 651. The molecule has 0 radical (unpaired) electrons. The fourth-order valence-corrected chi connectivity index (χ4v) is 2.42. The summed E-state index contributed by atoms with van der Waals surface area (Å²) in [4.78, 5) is 12.3. The lowest BCUT2D eigenvalue weighted by Crippen LogP contribution is -2.06. The van der Waals surface area contributed by atoms with E-state index in [-0.39, 0.29) is 11.0 Å². The molecule has 0 bridgehead atoms. The van der Waals surface area contributed by atoms with Crippen LogP contribution in [0.4, 0.5) is 0 Å². The van der Waals surface area contributed by atoms with Gasteiger partial charge in [-0.05, 0) is 17.2 Å². The zero-order valence-electron chi connectivity index (χ0n) is 11.5. The Hall–Kier alpha value is -2.33. The molecule has 0 aliphatic carbocycles. The smallest absolute Gasteiger partial charge is 0.186 e. The summed E-state index contributed by atoms with van der Waals surface area (Å²) < 4.78 is 0. The van der Waals surface area contributed by atoms with E-state index >= 15 is 0 Å². The maximum atomic E-state index is 12.3. The minimum atomic E-state index is -0.0430. The van der Waals surface area contributed by atoms with Gasteiger partial charge in [0.25, 0.3) is 0 Å². The number of carbonyl (C=O) groups is 1. The zero-order chi connectivity index (χ0) is 15.1. The Labute approximate surface area is 128 Å². The summed E-state index contributed by atoms with van der Waals surface area (Å²) in [6.07, 6.45) is 1.63. The van der Waals surface area contributed by atoms with Crippen molar-refractivity contribution in [1.29, 1.82) is 5.41 Å². The van der Waals surface area contributed by atoms with E-state index < -0.39 is 0 Å². The molecule has 3 N–H and O–H groups in total. The molecule has 0 aliphatic heterocycles. The van der Waals surface area contributed by atoms with Crippen LogP contribution in [0.25, 0.3) is 5.57 Å². The predicted molar refractivity (Wildman–Crippen MR) is 89.6 cm³/mol. The van der Waals surface area contributed by atoms with Gasteiger partial charge in [0.05, 0.1) is 0 Å². The lowest BCUT2D eigenvalue weighted by molar-refractivity contribution is 0.104. The number of benzene rings is 2. The predicted octanol–water partition coefficient (Wildman–Crippen LogP) is 3.58. The molecule has 0 aromatic heterocycles. The van der Waals surface area contributed by atoms with E-state index in [0.717, 1.165) is 11.1 Å². The fourth-order valence-electron chi connectivity index (χ4n) is 1.86. The van der Waals surface area contributed by atoms with Crippen LogP contribution in [0.5, 0.6) is 0 Å². The number of nitrogens with two attached hydrogens (primary N) is 1. The highest BCUT2D eigenvalue weighted by molar-refractivity contribution is 8.14. The van der Waals surface area contributed by atoms with Crippen molar-refractivity contribution in [1.82, 2.24) is 0 Å². The number of allylic oxidation sites excluding steroid dienone is 1. The highest BCUT2D eigenvalue weighted by Crippen LogP contribution is 2.20. The molecule has 0 aliphatic rings. The van der Waals surface area contributed by atoms with Crippen molar-refractivity contribution in [2.24, 2.45) is 5.73 Å². The van der Waals surface area contributed by atoms with Crippen LogP contribution in [0, 0.1) is 5.41 Å². The third kappa shape index (κ3) is 4.61. The Morgan fingerprint density at radius 2 is 1.52 bits per heavy atom. The Balaban J connectivity index is 2.28. The zero-order valence-corrected chi connectivity index (χ0v) is 12.3. The van der Waals surface area contributed by atoms with Crippen molar-refractivity contribution in [2.45, 2.75) is 0 Å². The molecule has 0 amide bonds. The van der Waals surface area contributed by atoms with E-state index in [2.05, 4.69) is 0 Å². The molecular formula is C17H16N2OS. The third-order valence-electron chi connectivity index (χ3n) is 2.89. The molecule has 0 saturated heterocycles. The van der Waals surface area contributed by atoms with Gasteiger partial charge in [-0.3, -0.25) is 10.2 Å². The van der Waals surface area contributed by atoms with Crippen LogP contribution >= 0.6 is 11.8 Å². The molecule has 0 atom stereocenters. The Morgan fingerprint density at radius 3 is 2.05 bits per heavy atom. The summed E-state index contributed by atoms with van der Waals surface area (Å²) in [5.41, 5.74) is 7.88. The van der Waals surface area contributed by atoms with E-state index in [1.54, 1.807) is 18.2 Å². The van der Waals surface area contributed by atoms with Crippen molar-refractivity contribution in [3.8, 4) is 0 Å². The Morgan fingerprint density at radius 1 is 1.00 bits per heavy atom. The molecule has 3 nitrogen and oxygen atoms in total. The van der Waals surface area contributed by atoms with Gasteiger partial charge in [0.15, 0.2) is 11.0 Å². The largest absolute Gasteiger partial charge is 0.379 e. The molecule has 2 aromatic carbocycles. The van der Waals surface area contributed by atoms with Crippen LogP contribution in [0.3, 0.4) is 0 Å². The maximum Gasteiger partial charge on any atom is 0.186 e. The van der Waals surface area contributed by atoms with E-state index in [4.69, 9.17) is 11.1 Å². The summed E-state index contributed by atoms with van der Waals surface area (Å²) in [5, 5.41) is 7.37. The highest BCUT2D eigenvalue weighted by atomic mass is 32.2. The van der Waals surface area contributed by atoms with Gasteiger partial charge in [0.2, 0.25) is 0 Å². The van der Waals surface area contributed by atoms with Gasteiger partial charge in [-0.15, -0.1) is 0 Å². The van der Waals surface area contributed by atoms with E-state index in [0.29, 0.717) is 11.3 Å². The van der Waals surface area contributed by atoms with Crippen LogP contribution in [0.15, 0.2) is 66.7 Å². The standard InChI is InChI=1S/C17H16N2OS/c18-17(19)21-12-15(13-7-3-1-4-8-13)11-16(20)14-9-5-2-6-10-14/h1-11H,12H2,(H3,18,19). The van der Waals surface area contributed by atoms with Gasteiger partial charge in [-0.2, -0.15) is 0 Å².